The van der Waals surface area contributed by atoms with Crippen LogP contribution >= 0.6 is 0 Å². The molecule has 0 bridgehead atoms. The van der Waals surface area contributed by atoms with Crippen LogP contribution in [0.2, 0.25) is 0 Å². The van der Waals surface area contributed by atoms with E-state index in [-0.39, 0.29) is 0 Å². The van der Waals surface area contributed by atoms with Gasteiger partial charge in [0.05, 0.1) is 23.8 Å². The quantitative estimate of drug-likeness (QED) is 0.926. The summed E-state index contributed by atoms with van der Waals surface area (Å²) in [6.07, 6.45) is 11.1. The molecule has 1 aliphatic heterocycles. The highest BCUT2D eigenvalue weighted by atomic mass is 15.3. The van der Waals surface area contributed by atoms with E-state index in [1.165, 1.54) is 0 Å². The molecular formula is C15H21N5. The molecule has 2 aromatic rings. The van der Waals surface area contributed by atoms with E-state index >= 15 is 0 Å². The third-order valence-corrected chi connectivity index (χ3v) is 3.79. The van der Waals surface area contributed by atoms with Gasteiger partial charge in [0.2, 0.25) is 0 Å². The molecule has 0 radical (unpaired) electrons. The Balaban J connectivity index is 1.82. The van der Waals surface area contributed by atoms with Crippen LogP contribution in [0.5, 0.6) is 0 Å². The van der Waals surface area contributed by atoms with Crippen LogP contribution < -0.4 is 5.32 Å². The first kappa shape index (κ1) is 13.2. The highest BCUT2D eigenvalue weighted by Crippen LogP contribution is 2.25. The summed E-state index contributed by atoms with van der Waals surface area (Å²) in [5.74, 6) is 0.536. The molecule has 0 aliphatic carbocycles. The minimum Gasteiger partial charge on any atom is -0.317 e. The summed E-state index contributed by atoms with van der Waals surface area (Å²) in [7, 11) is 0. The van der Waals surface area contributed by atoms with Crippen LogP contribution in [0.15, 0.2) is 24.8 Å². The van der Waals surface area contributed by atoms with E-state index in [1.54, 1.807) is 0 Å². The van der Waals surface area contributed by atoms with Gasteiger partial charge in [-0.2, -0.15) is 5.10 Å². The Labute approximate surface area is 119 Å². The SMILES string of the molecule is CCCn1cc(-c2cncc(C3CCNCC3)n2)cn1. The number of aromatic nitrogens is 4. The molecule has 106 valence electrons. The summed E-state index contributed by atoms with van der Waals surface area (Å²) in [5.41, 5.74) is 3.11. The van der Waals surface area contributed by atoms with Gasteiger partial charge in [-0.1, -0.05) is 6.92 Å². The van der Waals surface area contributed by atoms with Crippen LogP contribution in [0, 0.1) is 0 Å². The van der Waals surface area contributed by atoms with Crippen molar-refractivity contribution in [2.24, 2.45) is 0 Å². The first-order valence-electron chi connectivity index (χ1n) is 7.42. The summed E-state index contributed by atoms with van der Waals surface area (Å²) in [6.45, 7) is 5.25. The zero-order valence-electron chi connectivity index (χ0n) is 11.9. The van der Waals surface area contributed by atoms with Crippen LogP contribution in [0.3, 0.4) is 0 Å². The predicted molar refractivity (Wildman–Crippen MR) is 78.4 cm³/mol. The molecule has 0 unspecified atom stereocenters. The largest absolute Gasteiger partial charge is 0.317 e. The Morgan fingerprint density at radius 2 is 2.10 bits per heavy atom. The average molecular weight is 271 g/mol. The topological polar surface area (TPSA) is 55.6 Å². The molecule has 0 amide bonds. The van der Waals surface area contributed by atoms with E-state index in [1.807, 2.05) is 23.3 Å². The Kier molecular flexibility index (Phi) is 4.06. The molecule has 20 heavy (non-hydrogen) atoms. The van der Waals surface area contributed by atoms with E-state index in [4.69, 9.17) is 4.98 Å². The molecule has 2 aromatic heterocycles. The molecule has 5 heteroatoms. The number of hydrogen-bond acceptors (Lipinski definition) is 4. The van der Waals surface area contributed by atoms with Crippen molar-refractivity contribution < 1.29 is 0 Å². The number of nitrogens with zero attached hydrogens (tertiary/aromatic N) is 4. The van der Waals surface area contributed by atoms with Crippen LogP contribution in [-0.2, 0) is 6.54 Å². The monoisotopic (exact) mass is 271 g/mol. The Bertz CT molecular complexity index is 557. The summed E-state index contributed by atoms with van der Waals surface area (Å²) >= 11 is 0. The molecule has 3 heterocycles. The van der Waals surface area contributed by atoms with Gasteiger partial charge in [-0.25, -0.2) is 4.98 Å². The maximum atomic E-state index is 4.80. The van der Waals surface area contributed by atoms with Gasteiger partial charge in [0.15, 0.2) is 0 Å². The molecule has 1 saturated heterocycles. The number of hydrogen-bond donors (Lipinski definition) is 1. The zero-order chi connectivity index (χ0) is 13.8. The molecule has 1 N–H and O–H groups in total. The van der Waals surface area contributed by atoms with E-state index in [2.05, 4.69) is 28.5 Å². The fraction of sp³-hybridized carbons (Fsp3) is 0.533. The lowest BCUT2D eigenvalue weighted by molar-refractivity contribution is 0.452. The molecular weight excluding hydrogens is 250 g/mol. The Morgan fingerprint density at radius 1 is 1.25 bits per heavy atom. The van der Waals surface area contributed by atoms with E-state index < -0.39 is 0 Å². The zero-order valence-corrected chi connectivity index (χ0v) is 11.9. The third kappa shape index (κ3) is 2.88. The molecule has 0 aromatic carbocycles. The third-order valence-electron chi connectivity index (χ3n) is 3.79. The molecule has 0 spiro atoms. The fourth-order valence-corrected chi connectivity index (χ4v) is 2.68. The number of piperidine rings is 1. The molecule has 1 fully saturated rings. The molecule has 1 aliphatic rings. The second kappa shape index (κ2) is 6.13. The van der Waals surface area contributed by atoms with Gasteiger partial charge >= 0.3 is 0 Å². The van der Waals surface area contributed by atoms with Crippen LogP contribution in [-0.4, -0.2) is 32.8 Å². The maximum absolute atomic E-state index is 4.80. The van der Waals surface area contributed by atoms with Crippen molar-refractivity contribution in [3.63, 3.8) is 0 Å². The smallest absolute Gasteiger partial charge is 0.0920 e. The van der Waals surface area contributed by atoms with Crippen LogP contribution in [0.1, 0.15) is 37.8 Å². The van der Waals surface area contributed by atoms with Crippen LogP contribution in [0.25, 0.3) is 11.3 Å². The second-order valence-corrected chi connectivity index (χ2v) is 5.35. The highest BCUT2D eigenvalue weighted by molar-refractivity contribution is 5.55. The number of aryl methyl sites for hydroxylation is 1. The van der Waals surface area contributed by atoms with Gasteiger partial charge in [0.1, 0.15) is 0 Å². The molecule has 3 rings (SSSR count). The fourth-order valence-electron chi connectivity index (χ4n) is 2.68. The molecule has 0 atom stereocenters. The van der Waals surface area contributed by atoms with Crippen molar-refractivity contribution >= 4 is 0 Å². The lowest BCUT2D eigenvalue weighted by Crippen LogP contribution is -2.27. The Hall–Kier alpha value is -1.75. The Morgan fingerprint density at radius 3 is 2.90 bits per heavy atom. The lowest BCUT2D eigenvalue weighted by Gasteiger charge is -2.21. The highest BCUT2D eigenvalue weighted by Gasteiger charge is 2.17. The second-order valence-electron chi connectivity index (χ2n) is 5.35. The maximum Gasteiger partial charge on any atom is 0.0920 e. The minimum absolute atomic E-state index is 0.536. The van der Waals surface area contributed by atoms with Gasteiger partial charge in [-0.3, -0.25) is 9.67 Å². The first-order valence-corrected chi connectivity index (χ1v) is 7.42. The van der Waals surface area contributed by atoms with Gasteiger partial charge in [0, 0.05) is 30.4 Å². The minimum atomic E-state index is 0.536. The lowest BCUT2D eigenvalue weighted by atomic mass is 9.95. The van der Waals surface area contributed by atoms with Gasteiger partial charge in [-0.15, -0.1) is 0 Å². The summed E-state index contributed by atoms with van der Waals surface area (Å²) in [4.78, 5) is 9.17. The summed E-state index contributed by atoms with van der Waals surface area (Å²) in [6, 6.07) is 0. The summed E-state index contributed by atoms with van der Waals surface area (Å²) in [5, 5.41) is 7.75. The first-order chi connectivity index (χ1) is 9.86. The molecule has 0 saturated carbocycles. The van der Waals surface area contributed by atoms with Gasteiger partial charge in [0.25, 0.3) is 0 Å². The van der Waals surface area contributed by atoms with Crippen molar-refractivity contribution in [3.8, 4) is 11.3 Å². The average Bonchev–Trinajstić information content (AvgIpc) is 2.97. The van der Waals surface area contributed by atoms with Crippen molar-refractivity contribution in [3.05, 3.63) is 30.5 Å². The van der Waals surface area contributed by atoms with Gasteiger partial charge < -0.3 is 5.32 Å². The number of rotatable bonds is 4. The number of nitrogens with one attached hydrogen (secondary N) is 1. The van der Waals surface area contributed by atoms with Gasteiger partial charge in [-0.05, 0) is 32.4 Å². The standard InChI is InChI=1S/C15H21N5/c1-2-7-20-11-13(8-18-20)15-10-17-9-14(19-15)12-3-5-16-6-4-12/h8-12,16H,2-7H2,1H3. The van der Waals surface area contributed by atoms with E-state index in [9.17, 15) is 0 Å². The van der Waals surface area contributed by atoms with Crippen molar-refractivity contribution in [2.45, 2.75) is 38.6 Å². The van der Waals surface area contributed by atoms with E-state index in [0.29, 0.717) is 5.92 Å². The van der Waals surface area contributed by atoms with Crippen LogP contribution in [0.4, 0.5) is 0 Å². The predicted octanol–water partition coefficient (Wildman–Crippen LogP) is 2.22. The van der Waals surface area contributed by atoms with Crippen molar-refractivity contribution in [2.75, 3.05) is 13.1 Å². The van der Waals surface area contributed by atoms with E-state index in [0.717, 1.165) is 55.8 Å². The normalized spacial score (nSPS) is 16.4. The van der Waals surface area contributed by atoms with Crippen molar-refractivity contribution in [1.82, 2.24) is 25.1 Å². The summed E-state index contributed by atoms with van der Waals surface area (Å²) < 4.78 is 1.97. The molecule has 5 nitrogen and oxygen atoms in total. The van der Waals surface area contributed by atoms with Crippen molar-refractivity contribution in [1.29, 1.82) is 0 Å².